The van der Waals surface area contributed by atoms with Gasteiger partial charge in [-0.3, -0.25) is 18.5 Å². The molecule has 2 heterocycles. The van der Waals surface area contributed by atoms with Crippen molar-refractivity contribution in [3.63, 3.8) is 0 Å². The first-order valence-electron chi connectivity index (χ1n) is 10.1. The minimum absolute atomic E-state index is 0.353. The second kappa shape index (κ2) is 8.81. The minimum atomic E-state index is -0.407. The Morgan fingerprint density at radius 1 is 0.968 bits per heavy atom. The molecule has 0 radical (unpaired) electrons. The van der Waals surface area contributed by atoms with Crippen molar-refractivity contribution in [2.24, 2.45) is 14.1 Å². The van der Waals surface area contributed by atoms with Crippen LogP contribution >= 0.6 is 11.6 Å². The van der Waals surface area contributed by atoms with Crippen LogP contribution in [0.4, 0.5) is 5.95 Å². The molecule has 1 N–H and O–H groups in total. The number of anilines is 1. The third kappa shape index (κ3) is 4.14. The number of hydrogen-bond acceptors (Lipinski definition) is 4. The molecule has 2 aromatic carbocycles. The van der Waals surface area contributed by atoms with E-state index < -0.39 is 5.69 Å². The van der Waals surface area contributed by atoms with Gasteiger partial charge < -0.3 is 5.32 Å². The first kappa shape index (κ1) is 20.9. The molecule has 4 rings (SSSR count). The number of nitrogens with one attached hydrogen (secondary N) is 1. The molecular weight excluding hydrogens is 414 g/mol. The van der Waals surface area contributed by atoms with E-state index >= 15 is 0 Å². The van der Waals surface area contributed by atoms with E-state index in [-0.39, 0.29) is 5.56 Å². The van der Waals surface area contributed by atoms with E-state index in [2.05, 4.69) is 22.4 Å². The first-order valence-corrected chi connectivity index (χ1v) is 10.5. The van der Waals surface area contributed by atoms with Gasteiger partial charge >= 0.3 is 5.69 Å². The van der Waals surface area contributed by atoms with E-state index in [4.69, 9.17) is 11.6 Å². The van der Waals surface area contributed by atoms with Gasteiger partial charge in [0.2, 0.25) is 5.95 Å². The summed E-state index contributed by atoms with van der Waals surface area (Å²) in [7, 11) is 3.10. The second-order valence-electron chi connectivity index (χ2n) is 7.51. The van der Waals surface area contributed by atoms with Crippen LogP contribution in [-0.2, 0) is 27.1 Å². The molecule has 0 aliphatic carbocycles. The van der Waals surface area contributed by atoms with Gasteiger partial charge in [0.15, 0.2) is 11.2 Å². The number of nitrogens with zero attached hydrogens (tertiary/aromatic N) is 4. The lowest BCUT2D eigenvalue weighted by molar-refractivity contribution is 0.702. The average molecular weight is 438 g/mol. The fraction of sp³-hybridized carbons (Fsp3) is 0.261. The molecule has 160 valence electrons. The van der Waals surface area contributed by atoms with Crippen molar-refractivity contribution in [3.8, 4) is 0 Å². The number of fused-ring (bicyclic) bond motifs is 1. The van der Waals surface area contributed by atoms with Crippen LogP contribution in [0.2, 0.25) is 5.02 Å². The normalized spacial score (nSPS) is 11.2. The Morgan fingerprint density at radius 3 is 2.42 bits per heavy atom. The Kier molecular flexibility index (Phi) is 5.95. The Bertz CT molecular complexity index is 1340. The Morgan fingerprint density at radius 2 is 1.68 bits per heavy atom. The molecule has 0 amide bonds. The first-order chi connectivity index (χ1) is 15.0. The van der Waals surface area contributed by atoms with Gasteiger partial charge in [-0.15, -0.1) is 0 Å². The predicted molar refractivity (Wildman–Crippen MR) is 124 cm³/mol. The summed E-state index contributed by atoms with van der Waals surface area (Å²) in [4.78, 5) is 29.9. The molecule has 0 fully saturated rings. The van der Waals surface area contributed by atoms with Crippen LogP contribution < -0.4 is 16.6 Å². The number of hydrogen-bond donors (Lipinski definition) is 1. The maximum absolute atomic E-state index is 13.0. The monoisotopic (exact) mass is 437 g/mol. The summed E-state index contributed by atoms with van der Waals surface area (Å²) < 4.78 is 4.31. The summed E-state index contributed by atoms with van der Waals surface area (Å²) in [5.41, 5.74) is 2.07. The maximum Gasteiger partial charge on any atom is 0.332 e. The van der Waals surface area contributed by atoms with Crippen LogP contribution in [0.15, 0.2) is 64.2 Å². The highest BCUT2D eigenvalue weighted by atomic mass is 35.5. The molecule has 7 nitrogen and oxygen atoms in total. The van der Waals surface area contributed by atoms with Gasteiger partial charge in [-0.05, 0) is 30.0 Å². The number of aromatic nitrogens is 4. The molecule has 0 aliphatic rings. The summed E-state index contributed by atoms with van der Waals surface area (Å²) in [5.74, 6) is 0.543. The van der Waals surface area contributed by atoms with Gasteiger partial charge in [-0.25, -0.2) is 4.79 Å². The van der Waals surface area contributed by atoms with Gasteiger partial charge in [-0.2, -0.15) is 4.98 Å². The lowest BCUT2D eigenvalue weighted by atomic mass is 10.1. The number of benzene rings is 2. The zero-order chi connectivity index (χ0) is 22.0. The predicted octanol–water partition coefficient (Wildman–Crippen LogP) is 3.18. The lowest BCUT2D eigenvalue weighted by Crippen LogP contribution is -2.37. The van der Waals surface area contributed by atoms with Crippen LogP contribution in [0.25, 0.3) is 11.2 Å². The van der Waals surface area contributed by atoms with Crippen molar-refractivity contribution in [2.45, 2.75) is 19.4 Å². The Hall–Kier alpha value is -3.32. The highest BCUT2D eigenvalue weighted by Crippen LogP contribution is 2.22. The van der Waals surface area contributed by atoms with Crippen molar-refractivity contribution < 1.29 is 0 Å². The average Bonchev–Trinajstić information content (AvgIpc) is 3.14. The number of halogens is 1. The largest absolute Gasteiger partial charge is 0.356 e. The third-order valence-electron chi connectivity index (χ3n) is 5.40. The van der Waals surface area contributed by atoms with E-state index in [0.717, 1.165) is 23.0 Å². The molecule has 8 heteroatoms. The van der Waals surface area contributed by atoms with Crippen LogP contribution in [-0.4, -0.2) is 25.2 Å². The molecule has 0 atom stereocenters. The molecule has 0 saturated carbocycles. The van der Waals surface area contributed by atoms with Crippen LogP contribution in [0.1, 0.15) is 17.5 Å². The van der Waals surface area contributed by atoms with Gasteiger partial charge in [0, 0.05) is 25.7 Å². The Labute approximate surface area is 184 Å². The Balaban J connectivity index is 1.70. The molecule has 2 aromatic heterocycles. The van der Waals surface area contributed by atoms with Gasteiger partial charge in [0.25, 0.3) is 5.56 Å². The maximum atomic E-state index is 13.0. The molecule has 0 unspecified atom stereocenters. The van der Waals surface area contributed by atoms with Crippen molar-refractivity contribution >= 4 is 28.7 Å². The zero-order valence-electron chi connectivity index (χ0n) is 17.5. The number of imidazole rings is 1. The molecule has 0 bridgehead atoms. The van der Waals surface area contributed by atoms with Crippen molar-refractivity contribution in [3.05, 3.63) is 91.6 Å². The quantitative estimate of drug-likeness (QED) is 0.451. The summed E-state index contributed by atoms with van der Waals surface area (Å²) >= 11 is 6.37. The van der Waals surface area contributed by atoms with E-state index in [0.29, 0.717) is 35.2 Å². The summed E-state index contributed by atoms with van der Waals surface area (Å²) in [6.45, 7) is 1.04. The third-order valence-corrected chi connectivity index (χ3v) is 5.77. The fourth-order valence-electron chi connectivity index (χ4n) is 3.67. The molecule has 0 spiro atoms. The van der Waals surface area contributed by atoms with Crippen LogP contribution in [0.3, 0.4) is 0 Å². The van der Waals surface area contributed by atoms with E-state index in [1.54, 1.807) is 11.6 Å². The van der Waals surface area contributed by atoms with E-state index in [1.165, 1.54) is 17.2 Å². The van der Waals surface area contributed by atoms with Crippen LogP contribution in [0, 0.1) is 0 Å². The van der Waals surface area contributed by atoms with Gasteiger partial charge in [0.05, 0.1) is 6.54 Å². The molecule has 0 aliphatic heterocycles. The standard InChI is InChI=1S/C23H24ClN5O2/c1-27-20-19(21(30)28(2)23(27)31)29(15-17-12-6-7-13-18(17)24)22(26-20)25-14-8-11-16-9-4-3-5-10-16/h3-7,9-10,12-13H,8,11,14-15H2,1-2H3,(H,25,26). The van der Waals surface area contributed by atoms with Gasteiger partial charge in [0.1, 0.15) is 0 Å². The van der Waals surface area contributed by atoms with Crippen molar-refractivity contribution in [1.29, 1.82) is 0 Å². The number of rotatable bonds is 7. The van der Waals surface area contributed by atoms with E-state index in [9.17, 15) is 9.59 Å². The highest BCUT2D eigenvalue weighted by Gasteiger charge is 2.19. The summed E-state index contributed by atoms with van der Waals surface area (Å²) in [6.07, 6.45) is 1.83. The molecular formula is C23H24ClN5O2. The van der Waals surface area contributed by atoms with Gasteiger partial charge in [-0.1, -0.05) is 60.1 Å². The molecule has 4 aromatic rings. The van der Waals surface area contributed by atoms with Crippen molar-refractivity contribution in [1.82, 2.24) is 18.7 Å². The van der Waals surface area contributed by atoms with Crippen LogP contribution in [0.5, 0.6) is 0 Å². The summed E-state index contributed by atoms with van der Waals surface area (Å²) in [5, 5.41) is 3.96. The minimum Gasteiger partial charge on any atom is -0.356 e. The topological polar surface area (TPSA) is 73.8 Å². The lowest BCUT2D eigenvalue weighted by Gasteiger charge is -2.12. The SMILES string of the molecule is Cn1c(=O)c2c(nc(NCCCc3ccccc3)n2Cc2ccccc2Cl)n(C)c1=O. The molecule has 0 saturated heterocycles. The smallest absolute Gasteiger partial charge is 0.332 e. The number of aryl methyl sites for hydroxylation is 2. The zero-order valence-corrected chi connectivity index (χ0v) is 18.3. The summed E-state index contributed by atoms with van der Waals surface area (Å²) in [6, 6.07) is 17.8. The van der Waals surface area contributed by atoms with E-state index in [1.807, 2.05) is 42.5 Å². The fourth-order valence-corrected chi connectivity index (χ4v) is 3.87. The van der Waals surface area contributed by atoms with Crippen molar-refractivity contribution in [2.75, 3.05) is 11.9 Å². The highest BCUT2D eigenvalue weighted by molar-refractivity contribution is 6.31. The molecule has 31 heavy (non-hydrogen) atoms. The second-order valence-corrected chi connectivity index (χ2v) is 7.91.